The van der Waals surface area contributed by atoms with Crippen LogP contribution in [0.4, 0.5) is 11.8 Å². The number of anilines is 2. The van der Waals surface area contributed by atoms with Crippen molar-refractivity contribution in [2.24, 2.45) is 0 Å². The number of hydrogen-bond donors (Lipinski definition) is 3. The Labute approximate surface area is 125 Å². The smallest absolute Gasteiger partial charge is 0.226 e. The van der Waals surface area contributed by atoms with Crippen LogP contribution in [0.25, 0.3) is 11.0 Å². The van der Waals surface area contributed by atoms with Gasteiger partial charge in [-0.05, 0) is 26.2 Å². The van der Waals surface area contributed by atoms with E-state index in [-0.39, 0.29) is 5.54 Å². The molecule has 0 bridgehead atoms. The van der Waals surface area contributed by atoms with Crippen molar-refractivity contribution in [1.82, 2.24) is 20.2 Å². The van der Waals surface area contributed by atoms with Gasteiger partial charge in [0.2, 0.25) is 5.95 Å². The molecule has 0 aromatic carbocycles. The van der Waals surface area contributed by atoms with Crippen molar-refractivity contribution in [2.75, 3.05) is 17.2 Å². The fourth-order valence-corrected chi connectivity index (χ4v) is 2.99. The molecule has 1 aliphatic carbocycles. The van der Waals surface area contributed by atoms with Crippen LogP contribution in [0, 0.1) is 0 Å². The van der Waals surface area contributed by atoms with E-state index in [1.165, 1.54) is 32.1 Å². The van der Waals surface area contributed by atoms with Crippen LogP contribution >= 0.6 is 0 Å². The van der Waals surface area contributed by atoms with Crippen LogP contribution < -0.4 is 10.6 Å². The Kier molecular flexibility index (Phi) is 3.94. The highest BCUT2D eigenvalue weighted by atomic mass is 15.2. The third-order valence-electron chi connectivity index (χ3n) is 4.22. The van der Waals surface area contributed by atoms with Gasteiger partial charge in [0.25, 0.3) is 0 Å². The first-order chi connectivity index (χ1) is 10.2. The lowest BCUT2D eigenvalue weighted by molar-refractivity contribution is 0.349. The minimum Gasteiger partial charge on any atom is -0.364 e. The first-order valence-corrected chi connectivity index (χ1v) is 7.93. The molecule has 0 saturated heterocycles. The van der Waals surface area contributed by atoms with E-state index in [4.69, 9.17) is 0 Å². The second-order valence-corrected chi connectivity index (χ2v) is 6.20. The molecule has 1 aliphatic rings. The third-order valence-corrected chi connectivity index (χ3v) is 4.22. The lowest BCUT2D eigenvalue weighted by Crippen LogP contribution is -2.37. The van der Waals surface area contributed by atoms with Crippen LogP contribution in [-0.4, -0.2) is 32.2 Å². The van der Waals surface area contributed by atoms with Gasteiger partial charge in [0.15, 0.2) is 5.65 Å². The summed E-state index contributed by atoms with van der Waals surface area (Å²) in [5.41, 5.74) is 0.907. The number of fused-ring (bicyclic) bond motifs is 1. The van der Waals surface area contributed by atoms with Crippen LogP contribution in [0.2, 0.25) is 0 Å². The number of H-pyrrole nitrogens is 1. The maximum absolute atomic E-state index is 4.66. The first kappa shape index (κ1) is 14.1. The van der Waals surface area contributed by atoms with E-state index in [1.807, 2.05) is 0 Å². The molecular weight excluding hydrogens is 264 g/mol. The maximum atomic E-state index is 4.66. The fraction of sp³-hybridized carbons (Fsp3) is 0.667. The van der Waals surface area contributed by atoms with E-state index >= 15 is 0 Å². The molecule has 0 unspecified atom stereocenters. The predicted octanol–water partition coefficient (Wildman–Crippen LogP) is 3.31. The van der Waals surface area contributed by atoms with E-state index in [0.717, 1.165) is 29.8 Å². The molecule has 1 fully saturated rings. The molecule has 3 N–H and O–H groups in total. The van der Waals surface area contributed by atoms with Gasteiger partial charge in [-0.1, -0.05) is 26.2 Å². The van der Waals surface area contributed by atoms with Crippen LogP contribution in [0.1, 0.15) is 52.4 Å². The summed E-state index contributed by atoms with van der Waals surface area (Å²) < 4.78 is 0. The Bertz CT molecular complexity index is 599. The van der Waals surface area contributed by atoms with E-state index < -0.39 is 0 Å². The van der Waals surface area contributed by atoms with Crippen molar-refractivity contribution in [3.8, 4) is 0 Å². The third kappa shape index (κ3) is 3.09. The van der Waals surface area contributed by atoms with Crippen molar-refractivity contribution in [3.63, 3.8) is 0 Å². The van der Waals surface area contributed by atoms with Crippen molar-refractivity contribution in [2.45, 2.75) is 57.9 Å². The number of rotatable bonds is 5. The Hall–Kier alpha value is -1.85. The first-order valence-electron chi connectivity index (χ1n) is 7.93. The lowest BCUT2D eigenvalue weighted by Gasteiger charge is -2.35. The topological polar surface area (TPSA) is 78.5 Å². The largest absolute Gasteiger partial charge is 0.364 e. The molecule has 0 atom stereocenters. The summed E-state index contributed by atoms with van der Waals surface area (Å²) in [7, 11) is 0. The predicted molar refractivity (Wildman–Crippen MR) is 85.6 cm³/mol. The van der Waals surface area contributed by atoms with Gasteiger partial charge in [-0.15, -0.1) is 0 Å². The van der Waals surface area contributed by atoms with Crippen LogP contribution in [-0.2, 0) is 0 Å². The van der Waals surface area contributed by atoms with Crippen LogP contribution in [0.5, 0.6) is 0 Å². The van der Waals surface area contributed by atoms with Gasteiger partial charge >= 0.3 is 0 Å². The summed E-state index contributed by atoms with van der Waals surface area (Å²) in [5, 5.41) is 14.9. The quantitative estimate of drug-likeness (QED) is 0.786. The van der Waals surface area contributed by atoms with Crippen LogP contribution in [0.3, 0.4) is 0 Å². The standard InChI is InChI=1S/C15H24N6/c1-3-9-16-14-18-12(11-10-17-21-13(11)19-14)20-15(2)7-5-4-6-8-15/h10H,3-9H2,1-2H3,(H3,16,17,18,19,20,21). The second kappa shape index (κ2) is 5.87. The molecule has 2 aromatic heterocycles. The fourth-order valence-electron chi connectivity index (χ4n) is 2.99. The number of aromatic amines is 1. The summed E-state index contributed by atoms with van der Waals surface area (Å²) in [5.74, 6) is 1.55. The normalized spacial score (nSPS) is 17.8. The molecule has 6 heteroatoms. The molecule has 0 amide bonds. The molecule has 21 heavy (non-hydrogen) atoms. The summed E-state index contributed by atoms with van der Waals surface area (Å²) in [6.07, 6.45) is 9.13. The zero-order valence-electron chi connectivity index (χ0n) is 12.9. The average Bonchev–Trinajstić information content (AvgIpc) is 2.94. The summed E-state index contributed by atoms with van der Waals surface area (Å²) >= 11 is 0. The monoisotopic (exact) mass is 288 g/mol. The van der Waals surface area contributed by atoms with Gasteiger partial charge in [0.1, 0.15) is 5.82 Å². The van der Waals surface area contributed by atoms with Gasteiger partial charge in [0, 0.05) is 12.1 Å². The maximum Gasteiger partial charge on any atom is 0.226 e. The minimum absolute atomic E-state index is 0.124. The molecule has 0 radical (unpaired) electrons. The Morgan fingerprint density at radius 3 is 2.81 bits per heavy atom. The van der Waals surface area contributed by atoms with Crippen molar-refractivity contribution >= 4 is 22.8 Å². The lowest BCUT2D eigenvalue weighted by atomic mass is 9.83. The number of nitrogens with one attached hydrogen (secondary N) is 3. The van der Waals surface area contributed by atoms with Gasteiger partial charge in [0.05, 0.1) is 11.6 Å². The Morgan fingerprint density at radius 1 is 1.24 bits per heavy atom. The zero-order chi connectivity index (χ0) is 14.7. The molecule has 2 heterocycles. The Morgan fingerprint density at radius 2 is 2.05 bits per heavy atom. The molecule has 114 valence electrons. The van der Waals surface area contributed by atoms with Gasteiger partial charge < -0.3 is 10.6 Å². The van der Waals surface area contributed by atoms with Gasteiger partial charge in [-0.25, -0.2) is 0 Å². The summed E-state index contributed by atoms with van der Waals surface area (Å²) in [4.78, 5) is 9.13. The van der Waals surface area contributed by atoms with Crippen molar-refractivity contribution < 1.29 is 0 Å². The van der Waals surface area contributed by atoms with E-state index in [9.17, 15) is 0 Å². The Balaban J connectivity index is 1.90. The van der Waals surface area contributed by atoms with Gasteiger partial charge in [-0.3, -0.25) is 5.10 Å². The molecular formula is C15H24N6. The average molecular weight is 288 g/mol. The summed E-state index contributed by atoms with van der Waals surface area (Å²) in [6.45, 7) is 5.29. The number of hydrogen-bond acceptors (Lipinski definition) is 5. The minimum atomic E-state index is 0.124. The molecule has 6 nitrogen and oxygen atoms in total. The zero-order valence-corrected chi connectivity index (χ0v) is 12.9. The SMILES string of the molecule is CCCNc1nc(NC2(C)CCCCC2)c2cn[nH]c2n1. The molecule has 2 aromatic rings. The number of nitrogens with zero attached hydrogens (tertiary/aromatic N) is 3. The number of aromatic nitrogens is 4. The van der Waals surface area contributed by atoms with Crippen LogP contribution in [0.15, 0.2) is 6.20 Å². The summed E-state index contributed by atoms with van der Waals surface area (Å²) in [6, 6.07) is 0. The second-order valence-electron chi connectivity index (χ2n) is 6.20. The van der Waals surface area contributed by atoms with E-state index in [1.54, 1.807) is 6.20 Å². The molecule has 0 spiro atoms. The molecule has 1 saturated carbocycles. The van der Waals surface area contributed by atoms with Crippen molar-refractivity contribution in [1.29, 1.82) is 0 Å². The van der Waals surface area contributed by atoms with Gasteiger partial charge in [-0.2, -0.15) is 15.1 Å². The molecule has 0 aliphatic heterocycles. The highest BCUT2D eigenvalue weighted by Gasteiger charge is 2.28. The van der Waals surface area contributed by atoms with Crippen molar-refractivity contribution in [3.05, 3.63) is 6.20 Å². The van der Waals surface area contributed by atoms with E-state index in [2.05, 4.69) is 44.6 Å². The highest BCUT2D eigenvalue weighted by molar-refractivity contribution is 5.87. The van der Waals surface area contributed by atoms with E-state index in [0.29, 0.717) is 5.95 Å². The highest BCUT2D eigenvalue weighted by Crippen LogP contribution is 2.32. The molecule has 3 rings (SSSR count).